The molecular weight excluding hydrogens is 179 g/mol. The van der Waals surface area contributed by atoms with Crippen molar-refractivity contribution in [3.63, 3.8) is 0 Å². The summed E-state index contributed by atoms with van der Waals surface area (Å²) in [5, 5.41) is 0.525. The maximum atomic E-state index is 12.8. The zero-order valence-corrected chi connectivity index (χ0v) is 7.77. The minimum absolute atomic E-state index is 0.359. The van der Waals surface area contributed by atoms with Crippen LogP contribution in [0.5, 0.6) is 0 Å². The van der Waals surface area contributed by atoms with Crippen LogP contribution in [0.3, 0.4) is 0 Å². The maximum Gasteiger partial charge on any atom is 0.136 e. The third kappa shape index (κ3) is 2.52. The van der Waals surface area contributed by atoms with Crippen molar-refractivity contribution in [2.45, 2.75) is 25.9 Å². The summed E-state index contributed by atoms with van der Waals surface area (Å²) in [7, 11) is 0. The predicted octanol–water partition coefficient (Wildman–Crippen LogP) is 3.16. The molecule has 0 amide bonds. The summed E-state index contributed by atoms with van der Waals surface area (Å²) >= 11 is 5.78. The average Bonchev–Trinajstić information content (AvgIpc) is 2.07. The molecule has 1 rings (SSSR count). The Morgan fingerprint density at radius 3 is 3.17 bits per heavy atom. The molecule has 0 saturated carbocycles. The molecule has 0 aromatic rings. The van der Waals surface area contributed by atoms with Gasteiger partial charge in [0, 0.05) is 6.42 Å². The molecule has 0 bridgehead atoms. The lowest BCUT2D eigenvalue weighted by atomic mass is 10.1. The summed E-state index contributed by atoms with van der Waals surface area (Å²) in [4.78, 5) is 0. The zero-order chi connectivity index (χ0) is 8.97. The summed E-state index contributed by atoms with van der Waals surface area (Å²) < 4.78 is 18.0. The summed E-state index contributed by atoms with van der Waals surface area (Å²) in [6.45, 7) is 2.58. The summed E-state index contributed by atoms with van der Waals surface area (Å²) in [5.41, 5.74) is 0. The fourth-order valence-electron chi connectivity index (χ4n) is 0.958. The molecule has 1 aliphatic rings. The van der Waals surface area contributed by atoms with Crippen molar-refractivity contribution < 1.29 is 9.13 Å². The highest BCUT2D eigenvalue weighted by atomic mass is 35.5. The lowest BCUT2D eigenvalue weighted by molar-refractivity contribution is 0.215. The molecule has 68 valence electrons. The van der Waals surface area contributed by atoms with Crippen LogP contribution in [-0.2, 0) is 4.74 Å². The van der Waals surface area contributed by atoms with Crippen LogP contribution in [0.2, 0.25) is 0 Å². The monoisotopic (exact) mass is 190 g/mol. The lowest BCUT2D eigenvalue weighted by Gasteiger charge is -2.14. The molecule has 0 spiro atoms. The summed E-state index contributed by atoms with van der Waals surface area (Å²) in [5.74, 6) is 0.484. The smallest absolute Gasteiger partial charge is 0.136 e. The van der Waals surface area contributed by atoms with Crippen LogP contribution < -0.4 is 0 Å². The van der Waals surface area contributed by atoms with Crippen LogP contribution in [0.25, 0.3) is 0 Å². The normalized spacial score (nSPS) is 23.1. The van der Waals surface area contributed by atoms with Gasteiger partial charge in [-0.2, -0.15) is 0 Å². The zero-order valence-electron chi connectivity index (χ0n) is 7.02. The fourth-order valence-corrected chi connectivity index (χ4v) is 1.16. The molecule has 0 aromatic carbocycles. The van der Waals surface area contributed by atoms with Gasteiger partial charge >= 0.3 is 0 Å². The van der Waals surface area contributed by atoms with Crippen LogP contribution in [0.15, 0.2) is 22.9 Å². The Hall–Kier alpha value is -0.500. The first-order valence-electron chi connectivity index (χ1n) is 4.08. The van der Waals surface area contributed by atoms with Crippen molar-refractivity contribution in [2.75, 3.05) is 6.61 Å². The predicted molar refractivity (Wildman–Crippen MR) is 47.8 cm³/mol. The Bertz CT molecular complexity index is 211. The molecule has 1 unspecified atom stereocenters. The number of allylic oxidation sites excluding steroid dienone is 3. The Morgan fingerprint density at radius 2 is 2.50 bits per heavy atom. The van der Waals surface area contributed by atoms with E-state index in [1.165, 1.54) is 6.08 Å². The highest BCUT2D eigenvalue weighted by molar-refractivity contribution is 6.31. The third-order valence-corrected chi connectivity index (χ3v) is 1.89. The molecule has 1 aliphatic carbocycles. The molecule has 0 radical (unpaired) electrons. The Morgan fingerprint density at radius 1 is 1.75 bits per heavy atom. The van der Waals surface area contributed by atoms with Crippen molar-refractivity contribution in [2.24, 2.45) is 0 Å². The van der Waals surface area contributed by atoms with Gasteiger partial charge in [0.05, 0.1) is 11.6 Å². The van der Waals surface area contributed by atoms with E-state index >= 15 is 0 Å². The van der Waals surface area contributed by atoms with Crippen molar-refractivity contribution in [3.05, 3.63) is 22.9 Å². The SMILES string of the molecule is CCCOC1=CC(F)CC=C1Cl. The highest BCUT2D eigenvalue weighted by Gasteiger charge is 2.13. The van der Waals surface area contributed by atoms with Gasteiger partial charge in [-0.1, -0.05) is 24.6 Å². The molecule has 0 saturated heterocycles. The van der Waals surface area contributed by atoms with Crippen molar-refractivity contribution in [3.8, 4) is 0 Å². The van der Waals surface area contributed by atoms with Gasteiger partial charge in [0.15, 0.2) is 0 Å². The van der Waals surface area contributed by atoms with E-state index in [9.17, 15) is 4.39 Å². The topological polar surface area (TPSA) is 9.23 Å². The molecule has 12 heavy (non-hydrogen) atoms. The molecule has 0 aromatic heterocycles. The molecule has 3 heteroatoms. The molecule has 0 fully saturated rings. The van der Waals surface area contributed by atoms with Crippen LogP contribution in [-0.4, -0.2) is 12.8 Å². The van der Waals surface area contributed by atoms with Crippen LogP contribution in [0, 0.1) is 0 Å². The van der Waals surface area contributed by atoms with Gasteiger partial charge in [-0.3, -0.25) is 0 Å². The van der Waals surface area contributed by atoms with Crippen LogP contribution >= 0.6 is 11.6 Å². The second-order valence-electron chi connectivity index (χ2n) is 2.68. The van der Waals surface area contributed by atoms with Crippen LogP contribution in [0.4, 0.5) is 4.39 Å². The van der Waals surface area contributed by atoms with Gasteiger partial charge in [-0.15, -0.1) is 0 Å². The quantitative estimate of drug-likeness (QED) is 0.664. The minimum atomic E-state index is -0.945. The number of ether oxygens (including phenoxy) is 1. The van der Waals surface area contributed by atoms with Gasteiger partial charge in [0.2, 0.25) is 0 Å². The van der Waals surface area contributed by atoms with Gasteiger partial charge in [-0.25, -0.2) is 4.39 Å². The maximum absolute atomic E-state index is 12.8. The van der Waals surface area contributed by atoms with E-state index in [2.05, 4.69) is 0 Å². The first kappa shape index (κ1) is 9.59. The number of hydrogen-bond acceptors (Lipinski definition) is 1. The highest BCUT2D eigenvalue weighted by Crippen LogP contribution is 2.24. The Labute approximate surface area is 76.9 Å². The van der Waals surface area contributed by atoms with Crippen molar-refractivity contribution in [1.82, 2.24) is 0 Å². The number of alkyl halides is 1. The average molecular weight is 191 g/mol. The van der Waals surface area contributed by atoms with E-state index in [1.807, 2.05) is 6.92 Å². The van der Waals surface area contributed by atoms with Crippen molar-refractivity contribution in [1.29, 1.82) is 0 Å². The van der Waals surface area contributed by atoms with Gasteiger partial charge in [0.25, 0.3) is 0 Å². The fraction of sp³-hybridized carbons (Fsp3) is 0.556. The molecule has 0 aliphatic heterocycles. The molecule has 0 heterocycles. The van der Waals surface area contributed by atoms with Crippen molar-refractivity contribution >= 4 is 11.6 Å². The van der Waals surface area contributed by atoms with E-state index < -0.39 is 6.17 Å². The second kappa shape index (κ2) is 4.51. The molecule has 1 atom stereocenters. The van der Waals surface area contributed by atoms with E-state index in [1.54, 1.807) is 6.08 Å². The Balaban J connectivity index is 2.53. The summed E-state index contributed by atoms with van der Waals surface area (Å²) in [6, 6.07) is 0. The van der Waals surface area contributed by atoms with Gasteiger partial charge < -0.3 is 4.74 Å². The minimum Gasteiger partial charge on any atom is -0.492 e. The second-order valence-corrected chi connectivity index (χ2v) is 3.09. The van der Waals surface area contributed by atoms with E-state index in [4.69, 9.17) is 16.3 Å². The Kier molecular flexibility index (Phi) is 3.60. The number of rotatable bonds is 3. The molecule has 1 nitrogen and oxygen atoms in total. The van der Waals surface area contributed by atoms with E-state index in [-0.39, 0.29) is 0 Å². The van der Waals surface area contributed by atoms with E-state index in [0.29, 0.717) is 23.8 Å². The number of halogens is 2. The molecular formula is C9H12ClFO. The first-order valence-corrected chi connectivity index (χ1v) is 4.46. The summed E-state index contributed by atoms with van der Waals surface area (Å²) in [6.07, 6.45) is 3.39. The lowest BCUT2D eigenvalue weighted by Crippen LogP contribution is -2.05. The molecule has 0 N–H and O–H groups in total. The number of hydrogen-bond donors (Lipinski definition) is 0. The third-order valence-electron chi connectivity index (χ3n) is 1.55. The van der Waals surface area contributed by atoms with E-state index in [0.717, 1.165) is 6.42 Å². The van der Waals surface area contributed by atoms with Gasteiger partial charge in [0.1, 0.15) is 11.9 Å². The largest absolute Gasteiger partial charge is 0.492 e. The van der Waals surface area contributed by atoms with Crippen LogP contribution in [0.1, 0.15) is 19.8 Å². The first-order chi connectivity index (χ1) is 5.74. The van der Waals surface area contributed by atoms with Gasteiger partial charge in [-0.05, 0) is 12.5 Å². The standard InChI is InChI=1S/C9H12ClFO/c1-2-5-12-9-6-7(11)3-4-8(9)10/h4,6-7H,2-3,5H2,1H3.